The van der Waals surface area contributed by atoms with Gasteiger partial charge in [-0.15, -0.1) is 0 Å². The molecular weight excluding hydrogens is 264 g/mol. The second kappa shape index (κ2) is 7.58. The molecule has 0 unspecified atom stereocenters. The number of hydrogen-bond donors (Lipinski definition) is 0. The molecule has 0 radical (unpaired) electrons. The number of carbonyl (C=O) groups excluding carboxylic acids is 1. The third kappa shape index (κ3) is 4.56. The molecule has 2 aromatic carbocycles. The second-order valence-corrected chi connectivity index (χ2v) is 4.07. The SMILES string of the molecule is COC(=O)/C=C/c1ccccc1N=C=Nc1ccccc1. The Morgan fingerprint density at radius 1 is 1.05 bits per heavy atom. The van der Waals surface area contributed by atoms with Crippen LogP contribution in [-0.4, -0.2) is 19.1 Å². The van der Waals surface area contributed by atoms with Crippen LogP contribution in [0, 0.1) is 0 Å². The molecule has 0 aliphatic heterocycles. The summed E-state index contributed by atoms with van der Waals surface area (Å²) in [6.07, 6.45) is 3.00. The van der Waals surface area contributed by atoms with E-state index in [-0.39, 0.29) is 0 Å². The van der Waals surface area contributed by atoms with Crippen molar-refractivity contribution in [3.8, 4) is 0 Å². The van der Waals surface area contributed by atoms with E-state index in [1.807, 2.05) is 54.6 Å². The molecule has 2 rings (SSSR count). The monoisotopic (exact) mass is 278 g/mol. The van der Waals surface area contributed by atoms with Crippen LogP contribution < -0.4 is 0 Å². The predicted molar refractivity (Wildman–Crippen MR) is 83.1 cm³/mol. The van der Waals surface area contributed by atoms with Crippen LogP contribution in [0.15, 0.2) is 70.7 Å². The van der Waals surface area contributed by atoms with Gasteiger partial charge in [-0.3, -0.25) is 0 Å². The summed E-state index contributed by atoms with van der Waals surface area (Å²) >= 11 is 0. The standard InChI is InChI=1S/C17H14N2O2/c1-21-17(20)12-11-14-7-5-6-10-16(14)19-13-18-15-8-3-2-4-9-15/h2-12H,1H3/b12-11+. The summed E-state index contributed by atoms with van der Waals surface area (Å²) in [5.74, 6) is -0.410. The van der Waals surface area contributed by atoms with Crippen molar-refractivity contribution >= 4 is 29.4 Å². The van der Waals surface area contributed by atoms with Crippen LogP contribution in [0.5, 0.6) is 0 Å². The molecule has 0 spiro atoms. The average Bonchev–Trinajstić information content (AvgIpc) is 2.54. The van der Waals surface area contributed by atoms with Crippen LogP contribution in [0.25, 0.3) is 6.08 Å². The minimum absolute atomic E-state index is 0.410. The summed E-state index contributed by atoms with van der Waals surface area (Å²) in [4.78, 5) is 19.4. The zero-order valence-electron chi connectivity index (χ0n) is 11.6. The number of carbonyl (C=O) groups is 1. The molecule has 21 heavy (non-hydrogen) atoms. The topological polar surface area (TPSA) is 51.0 Å². The maximum atomic E-state index is 11.1. The summed E-state index contributed by atoms with van der Waals surface area (Å²) in [7, 11) is 1.34. The quantitative estimate of drug-likeness (QED) is 0.482. The number of nitrogens with zero attached hydrogens (tertiary/aromatic N) is 2. The normalized spacial score (nSPS) is 9.95. The summed E-state index contributed by atoms with van der Waals surface area (Å²) < 4.78 is 4.56. The smallest absolute Gasteiger partial charge is 0.330 e. The zero-order chi connectivity index (χ0) is 14.9. The van der Waals surface area contributed by atoms with Crippen LogP contribution in [0.2, 0.25) is 0 Å². The van der Waals surface area contributed by atoms with Gasteiger partial charge in [0.2, 0.25) is 0 Å². The van der Waals surface area contributed by atoms with Crippen molar-refractivity contribution in [2.24, 2.45) is 9.98 Å². The number of benzene rings is 2. The van der Waals surface area contributed by atoms with E-state index in [1.54, 1.807) is 6.08 Å². The molecule has 0 saturated heterocycles. The lowest BCUT2D eigenvalue weighted by molar-refractivity contribution is -0.134. The van der Waals surface area contributed by atoms with E-state index < -0.39 is 5.97 Å². The predicted octanol–water partition coefficient (Wildman–Crippen LogP) is 4.01. The van der Waals surface area contributed by atoms with Gasteiger partial charge in [0.15, 0.2) is 0 Å². The van der Waals surface area contributed by atoms with Gasteiger partial charge in [0.1, 0.15) is 6.01 Å². The molecule has 0 saturated carbocycles. The van der Waals surface area contributed by atoms with Crippen LogP contribution >= 0.6 is 0 Å². The largest absolute Gasteiger partial charge is 0.466 e. The third-order valence-electron chi connectivity index (χ3n) is 2.64. The Kier molecular flexibility index (Phi) is 5.21. The highest BCUT2D eigenvalue weighted by Crippen LogP contribution is 2.19. The first kappa shape index (κ1) is 14.4. The van der Waals surface area contributed by atoms with Crippen LogP contribution in [0.3, 0.4) is 0 Å². The fraction of sp³-hybridized carbons (Fsp3) is 0.0588. The van der Waals surface area contributed by atoms with Gasteiger partial charge >= 0.3 is 5.97 Å². The van der Waals surface area contributed by atoms with Crippen molar-refractivity contribution in [1.82, 2.24) is 0 Å². The maximum absolute atomic E-state index is 11.1. The Morgan fingerprint density at radius 2 is 1.76 bits per heavy atom. The van der Waals surface area contributed by atoms with Crippen LogP contribution in [-0.2, 0) is 9.53 Å². The molecule has 0 bridgehead atoms. The summed E-state index contributed by atoms with van der Waals surface area (Å²) in [6.45, 7) is 0. The van der Waals surface area contributed by atoms with Gasteiger partial charge in [-0.25, -0.2) is 4.79 Å². The summed E-state index contributed by atoms with van der Waals surface area (Å²) in [6, 6.07) is 19.5. The highest BCUT2D eigenvalue weighted by molar-refractivity contribution is 5.88. The third-order valence-corrected chi connectivity index (χ3v) is 2.64. The molecule has 0 amide bonds. The minimum atomic E-state index is -0.410. The van der Waals surface area contributed by atoms with E-state index in [9.17, 15) is 4.79 Å². The lowest BCUT2D eigenvalue weighted by atomic mass is 10.1. The Labute approximate surface area is 123 Å². The highest BCUT2D eigenvalue weighted by atomic mass is 16.5. The number of aliphatic imine (C=N–C) groups is 2. The van der Waals surface area contributed by atoms with Gasteiger partial charge < -0.3 is 4.74 Å². The van der Waals surface area contributed by atoms with Crippen LogP contribution in [0.4, 0.5) is 11.4 Å². The zero-order valence-corrected chi connectivity index (χ0v) is 11.6. The lowest BCUT2D eigenvalue weighted by Gasteiger charge is -1.97. The fourth-order valence-electron chi connectivity index (χ4n) is 1.60. The Morgan fingerprint density at radius 3 is 2.52 bits per heavy atom. The Bertz CT molecular complexity index is 700. The van der Waals surface area contributed by atoms with Gasteiger partial charge in [-0.05, 0) is 24.3 Å². The molecule has 104 valence electrons. The molecule has 0 aliphatic carbocycles. The number of hydrogen-bond acceptors (Lipinski definition) is 4. The molecule has 0 aromatic heterocycles. The van der Waals surface area contributed by atoms with Crippen molar-refractivity contribution in [3.05, 3.63) is 66.2 Å². The number of ether oxygens (including phenoxy) is 1. The van der Waals surface area contributed by atoms with E-state index in [4.69, 9.17) is 0 Å². The molecule has 0 fully saturated rings. The van der Waals surface area contributed by atoms with E-state index >= 15 is 0 Å². The highest BCUT2D eigenvalue weighted by Gasteiger charge is 1.97. The first-order valence-corrected chi connectivity index (χ1v) is 6.36. The van der Waals surface area contributed by atoms with Crippen molar-refractivity contribution in [2.45, 2.75) is 0 Å². The van der Waals surface area contributed by atoms with E-state index in [2.05, 4.69) is 20.7 Å². The molecule has 4 heteroatoms. The van der Waals surface area contributed by atoms with Gasteiger partial charge in [-0.1, -0.05) is 36.4 Å². The fourth-order valence-corrected chi connectivity index (χ4v) is 1.60. The number of esters is 1. The number of methoxy groups -OCH3 is 1. The van der Waals surface area contributed by atoms with Crippen LogP contribution in [0.1, 0.15) is 5.56 Å². The van der Waals surface area contributed by atoms with Crippen molar-refractivity contribution in [1.29, 1.82) is 0 Å². The molecule has 0 aliphatic rings. The first-order chi connectivity index (χ1) is 10.3. The van der Waals surface area contributed by atoms with E-state index in [1.165, 1.54) is 13.2 Å². The minimum Gasteiger partial charge on any atom is -0.466 e. The molecule has 2 aromatic rings. The van der Waals surface area contributed by atoms with Gasteiger partial charge in [0.25, 0.3) is 0 Å². The molecule has 0 atom stereocenters. The van der Waals surface area contributed by atoms with Crippen molar-refractivity contribution in [2.75, 3.05) is 7.11 Å². The van der Waals surface area contributed by atoms with E-state index in [0.29, 0.717) is 5.69 Å². The number of rotatable bonds is 4. The average molecular weight is 278 g/mol. The van der Waals surface area contributed by atoms with Gasteiger partial charge in [0, 0.05) is 11.6 Å². The molecule has 0 heterocycles. The Balaban J connectivity index is 2.22. The van der Waals surface area contributed by atoms with Gasteiger partial charge in [-0.2, -0.15) is 9.98 Å². The first-order valence-electron chi connectivity index (χ1n) is 6.36. The molecule has 0 N–H and O–H groups in total. The Hall–Kier alpha value is -2.97. The van der Waals surface area contributed by atoms with Gasteiger partial charge in [0.05, 0.1) is 18.5 Å². The summed E-state index contributed by atoms with van der Waals surface area (Å²) in [5, 5.41) is 0. The lowest BCUT2D eigenvalue weighted by Crippen LogP contribution is -1.93. The molecular formula is C17H14N2O2. The van der Waals surface area contributed by atoms with Crippen molar-refractivity contribution < 1.29 is 9.53 Å². The second-order valence-electron chi connectivity index (χ2n) is 4.07. The molecule has 4 nitrogen and oxygen atoms in total. The van der Waals surface area contributed by atoms with E-state index in [0.717, 1.165) is 11.3 Å². The summed E-state index contributed by atoms with van der Waals surface area (Å²) in [5.41, 5.74) is 2.25. The maximum Gasteiger partial charge on any atom is 0.330 e. The van der Waals surface area contributed by atoms with Crippen molar-refractivity contribution in [3.63, 3.8) is 0 Å². The number of para-hydroxylation sites is 2.